The molecule has 0 aliphatic heterocycles. The largest absolute Gasteiger partial charge is 0.381 e. The van der Waals surface area contributed by atoms with Gasteiger partial charge in [-0.1, -0.05) is 30.3 Å². The van der Waals surface area contributed by atoms with Gasteiger partial charge in [-0.05, 0) is 5.56 Å². The third-order valence-electron chi connectivity index (χ3n) is 3.28. The van der Waals surface area contributed by atoms with Gasteiger partial charge in [0.2, 0.25) is 5.60 Å². The third kappa shape index (κ3) is 1.22. The van der Waals surface area contributed by atoms with E-state index in [0.29, 0.717) is 12.1 Å². The SMILES string of the molecule is OC1(c2ccccc2)C(F)(F)C(F)(F)C(F)(F)C1(F)F. The predicted octanol–water partition coefficient (Wildman–Crippen LogP) is 3.43. The number of hydrogen-bond donors (Lipinski definition) is 1. The smallest absolute Gasteiger partial charge is 0.374 e. The Bertz CT molecular complexity index is 498. The summed E-state index contributed by atoms with van der Waals surface area (Å²) in [5.41, 5.74) is -6.44. The number of halogens is 8. The summed E-state index contributed by atoms with van der Waals surface area (Å²) in [6, 6.07) is 3.77. The molecule has 0 aromatic heterocycles. The monoisotopic (exact) mass is 306 g/mol. The van der Waals surface area contributed by atoms with E-state index in [2.05, 4.69) is 0 Å². The van der Waals surface area contributed by atoms with E-state index in [1.165, 1.54) is 0 Å². The molecule has 1 aromatic carbocycles. The van der Waals surface area contributed by atoms with E-state index >= 15 is 0 Å². The highest BCUT2D eigenvalue weighted by Gasteiger charge is 2.99. The van der Waals surface area contributed by atoms with Crippen LogP contribution in [-0.2, 0) is 5.60 Å². The van der Waals surface area contributed by atoms with Crippen molar-refractivity contribution in [3.05, 3.63) is 35.9 Å². The Labute approximate surface area is 106 Å². The van der Waals surface area contributed by atoms with Crippen LogP contribution in [0.15, 0.2) is 30.3 Å². The van der Waals surface area contributed by atoms with Crippen molar-refractivity contribution in [2.75, 3.05) is 0 Å². The van der Waals surface area contributed by atoms with E-state index in [-0.39, 0.29) is 0 Å². The van der Waals surface area contributed by atoms with Gasteiger partial charge in [-0.25, -0.2) is 0 Å². The van der Waals surface area contributed by atoms with Crippen LogP contribution < -0.4 is 0 Å². The van der Waals surface area contributed by atoms with Gasteiger partial charge >= 0.3 is 23.7 Å². The topological polar surface area (TPSA) is 20.2 Å². The molecule has 1 fully saturated rings. The molecule has 0 spiro atoms. The normalized spacial score (nSPS) is 28.2. The highest BCUT2D eigenvalue weighted by atomic mass is 19.4. The van der Waals surface area contributed by atoms with Crippen LogP contribution in [-0.4, -0.2) is 28.8 Å². The zero-order chi connectivity index (χ0) is 15.6. The van der Waals surface area contributed by atoms with Gasteiger partial charge in [-0.3, -0.25) is 0 Å². The van der Waals surface area contributed by atoms with Crippen LogP contribution in [0, 0.1) is 0 Å². The zero-order valence-electron chi connectivity index (χ0n) is 9.36. The fourth-order valence-electron chi connectivity index (χ4n) is 2.09. The summed E-state index contributed by atoms with van der Waals surface area (Å²) in [5.74, 6) is -24.9. The van der Waals surface area contributed by atoms with Crippen LogP contribution in [0.3, 0.4) is 0 Å². The molecular weight excluding hydrogens is 300 g/mol. The number of rotatable bonds is 1. The van der Waals surface area contributed by atoms with Gasteiger partial charge in [0.1, 0.15) is 0 Å². The van der Waals surface area contributed by atoms with Crippen molar-refractivity contribution in [2.45, 2.75) is 29.3 Å². The lowest BCUT2D eigenvalue weighted by Crippen LogP contribution is -2.55. The molecule has 0 saturated heterocycles. The molecule has 0 unspecified atom stereocenters. The number of aliphatic hydroxyl groups is 1. The molecular formula is C11H6F8O. The summed E-state index contributed by atoms with van der Waals surface area (Å²) >= 11 is 0. The first-order chi connectivity index (χ1) is 8.86. The summed E-state index contributed by atoms with van der Waals surface area (Å²) in [4.78, 5) is 0. The summed E-state index contributed by atoms with van der Waals surface area (Å²) in [5, 5.41) is 9.43. The minimum absolute atomic E-state index is 0.444. The fraction of sp³-hybridized carbons (Fsp3) is 0.455. The first kappa shape index (κ1) is 15.0. The van der Waals surface area contributed by atoms with Crippen molar-refractivity contribution >= 4 is 0 Å². The van der Waals surface area contributed by atoms with Crippen molar-refractivity contribution in [1.82, 2.24) is 0 Å². The molecule has 0 atom stereocenters. The van der Waals surface area contributed by atoms with E-state index in [9.17, 15) is 40.2 Å². The van der Waals surface area contributed by atoms with Gasteiger partial charge in [0, 0.05) is 0 Å². The van der Waals surface area contributed by atoms with E-state index in [0.717, 1.165) is 18.2 Å². The van der Waals surface area contributed by atoms with E-state index in [1.807, 2.05) is 0 Å². The molecule has 0 bridgehead atoms. The molecule has 112 valence electrons. The maximum Gasteiger partial charge on any atom is 0.381 e. The Kier molecular flexibility index (Phi) is 2.73. The molecule has 1 aliphatic rings. The second-order valence-electron chi connectivity index (χ2n) is 4.37. The molecule has 1 saturated carbocycles. The Balaban J connectivity index is 2.82. The Morgan fingerprint density at radius 2 is 0.950 bits per heavy atom. The fourth-order valence-corrected chi connectivity index (χ4v) is 2.09. The van der Waals surface area contributed by atoms with Crippen LogP contribution in [0.25, 0.3) is 0 Å². The Morgan fingerprint density at radius 3 is 1.30 bits per heavy atom. The highest BCUT2D eigenvalue weighted by molar-refractivity contribution is 5.37. The molecule has 1 nitrogen and oxygen atoms in total. The maximum atomic E-state index is 13.5. The molecule has 1 N–H and O–H groups in total. The lowest BCUT2D eigenvalue weighted by Gasteiger charge is -2.33. The van der Waals surface area contributed by atoms with E-state index in [1.54, 1.807) is 0 Å². The highest BCUT2D eigenvalue weighted by Crippen LogP contribution is 2.70. The number of hydrogen-bond acceptors (Lipinski definition) is 1. The second kappa shape index (κ2) is 3.63. The average molecular weight is 306 g/mol. The second-order valence-corrected chi connectivity index (χ2v) is 4.37. The van der Waals surface area contributed by atoms with Crippen LogP contribution in [0.5, 0.6) is 0 Å². The van der Waals surface area contributed by atoms with Gasteiger partial charge in [0.05, 0.1) is 0 Å². The lowest BCUT2D eigenvalue weighted by atomic mass is 9.86. The molecule has 1 aliphatic carbocycles. The molecule has 2 rings (SSSR count). The third-order valence-corrected chi connectivity index (χ3v) is 3.28. The lowest BCUT2D eigenvalue weighted by molar-refractivity contribution is -0.303. The zero-order valence-corrected chi connectivity index (χ0v) is 9.36. The molecule has 20 heavy (non-hydrogen) atoms. The summed E-state index contributed by atoms with van der Waals surface area (Å²) in [6.07, 6.45) is 0. The minimum atomic E-state index is -6.41. The van der Waals surface area contributed by atoms with Gasteiger partial charge in [0.15, 0.2) is 0 Å². The van der Waals surface area contributed by atoms with Crippen LogP contribution in [0.4, 0.5) is 35.1 Å². The maximum absolute atomic E-state index is 13.5. The summed E-state index contributed by atoms with van der Waals surface area (Å²) in [6.45, 7) is 0. The Morgan fingerprint density at radius 1 is 0.600 bits per heavy atom. The van der Waals surface area contributed by atoms with Crippen molar-refractivity contribution in [3.8, 4) is 0 Å². The van der Waals surface area contributed by atoms with Crippen molar-refractivity contribution in [1.29, 1.82) is 0 Å². The van der Waals surface area contributed by atoms with Gasteiger partial charge in [-0.15, -0.1) is 0 Å². The van der Waals surface area contributed by atoms with Crippen LogP contribution in [0.1, 0.15) is 5.56 Å². The molecule has 0 radical (unpaired) electrons. The average Bonchev–Trinajstić information content (AvgIpc) is 2.41. The first-order valence-electron chi connectivity index (χ1n) is 5.15. The molecule has 0 amide bonds. The molecule has 9 heteroatoms. The van der Waals surface area contributed by atoms with Crippen LogP contribution in [0.2, 0.25) is 0 Å². The van der Waals surface area contributed by atoms with E-state index < -0.39 is 34.9 Å². The van der Waals surface area contributed by atoms with Gasteiger partial charge in [0.25, 0.3) is 0 Å². The van der Waals surface area contributed by atoms with Crippen molar-refractivity contribution in [3.63, 3.8) is 0 Å². The quantitative estimate of drug-likeness (QED) is 0.788. The number of alkyl halides is 8. The predicted molar refractivity (Wildman–Crippen MR) is 50.1 cm³/mol. The van der Waals surface area contributed by atoms with Crippen molar-refractivity contribution < 1.29 is 40.2 Å². The number of benzene rings is 1. The standard InChI is InChI=1S/C11H6F8O/c12-8(13)7(20,6-4-2-1-3-5-6)9(14,15)11(18,19)10(8,16)17/h1-5,20H. The first-order valence-corrected chi connectivity index (χ1v) is 5.15. The van der Waals surface area contributed by atoms with Gasteiger partial charge < -0.3 is 5.11 Å². The van der Waals surface area contributed by atoms with Gasteiger partial charge in [-0.2, -0.15) is 35.1 Å². The van der Waals surface area contributed by atoms with Crippen molar-refractivity contribution in [2.24, 2.45) is 0 Å². The molecule has 1 aromatic rings. The summed E-state index contributed by atoms with van der Waals surface area (Å²) in [7, 11) is 0. The Hall–Kier alpha value is -1.38. The van der Waals surface area contributed by atoms with Crippen LogP contribution >= 0.6 is 0 Å². The van der Waals surface area contributed by atoms with E-state index in [4.69, 9.17) is 0 Å². The minimum Gasteiger partial charge on any atom is -0.374 e. The molecule has 0 heterocycles. The summed E-state index contributed by atoms with van der Waals surface area (Å²) < 4.78 is 106.